The van der Waals surface area contributed by atoms with Gasteiger partial charge in [-0.25, -0.2) is 4.98 Å². The van der Waals surface area contributed by atoms with Crippen molar-refractivity contribution in [3.63, 3.8) is 0 Å². The van der Waals surface area contributed by atoms with Gasteiger partial charge in [-0.2, -0.15) is 0 Å². The zero-order valence-electron chi connectivity index (χ0n) is 36.0. The van der Waals surface area contributed by atoms with Gasteiger partial charge in [0.2, 0.25) is 0 Å². The first-order chi connectivity index (χ1) is 28.1. The van der Waals surface area contributed by atoms with E-state index in [0.29, 0.717) is 0 Å². The number of quaternary nitrogens is 2. The van der Waals surface area contributed by atoms with Gasteiger partial charge in [-0.05, 0) is 93.5 Å². The van der Waals surface area contributed by atoms with Gasteiger partial charge in [-0.1, -0.05) is 139 Å². The molecule has 4 nitrogen and oxygen atoms in total. The number of benzene rings is 6. The minimum atomic E-state index is -0.665. The maximum atomic E-state index is 5.06. The summed E-state index contributed by atoms with van der Waals surface area (Å²) in [6, 6.07) is 55.3. The minimum absolute atomic E-state index is 0.0171. The summed E-state index contributed by atoms with van der Waals surface area (Å²) in [7, 11) is 2.37. The molecule has 0 unspecified atom stereocenters. The third kappa shape index (κ3) is 5.53. The van der Waals surface area contributed by atoms with Crippen molar-refractivity contribution in [2.24, 2.45) is 0 Å². The van der Waals surface area contributed by atoms with Gasteiger partial charge in [0.05, 0.1) is 30.2 Å². The number of hydrogen-bond donors (Lipinski definition) is 0. The quantitative estimate of drug-likeness (QED) is 0.0935. The molecular formula is C55H55N4+. The average molecular weight is 772 g/mol. The number of rotatable bonds is 6. The molecule has 0 amide bonds. The molecule has 2 atom stereocenters. The smallest absolute Gasteiger partial charge is 0.181 e. The Hall–Kier alpha value is -5.81. The van der Waals surface area contributed by atoms with Crippen molar-refractivity contribution in [1.82, 2.24) is 18.5 Å². The van der Waals surface area contributed by atoms with Crippen LogP contribution in [0.2, 0.25) is 0 Å². The number of aryl methyl sites for hydroxylation is 2. The molecular weight excluding hydrogens is 717 g/mol. The monoisotopic (exact) mass is 771 g/mol. The van der Waals surface area contributed by atoms with Gasteiger partial charge in [0.15, 0.2) is 18.0 Å². The third-order valence-electron chi connectivity index (χ3n) is 13.6. The third-order valence-corrected chi connectivity index (χ3v) is 13.6. The molecule has 0 spiro atoms. The SMILES string of the molecule is Cc1cc2c(cc1C)[N@@+]1(C)[CH-][N@+]2(c2cc(C(C)(C)C)cc(C(c3ccccc3)(c3ccccc3)c3ccc4c5ccccc5n(-c5cc(C(C)(C)C)ccn5)c4c3)c2)C1. The van der Waals surface area contributed by atoms with Crippen LogP contribution < -0.4 is 8.97 Å². The molecule has 6 aromatic carbocycles. The van der Waals surface area contributed by atoms with E-state index in [4.69, 9.17) is 4.98 Å². The van der Waals surface area contributed by atoms with Crippen LogP contribution in [0.25, 0.3) is 27.6 Å². The molecule has 2 aromatic heterocycles. The van der Waals surface area contributed by atoms with E-state index in [1.807, 2.05) is 6.20 Å². The van der Waals surface area contributed by atoms with Gasteiger partial charge in [-0.15, -0.1) is 0 Å². The van der Waals surface area contributed by atoms with Crippen LogP contribution in [0, 0.1) is 20.5 Å². The Morgan fingerprint density at radius 1 is 0.525 bits per heavy atom. The fraction of sp³-hybridized carbons (Fsp3) is 0.236. The molecule has 294 valence electrons. The first-order valence-corrected chi connectivity index (χ1v) is 21.1. The fourth-order valence-electron chi connectivity index (χ4n) is 10.3. The second-order valence-electron chi connectivity index (χ2n) is 19.6. The predicted molar refractivity (Wildman–Crippen MR) is 249 cm³/mol. The summed E-state index contributed by atoms with van der Waals surface area (Å²) in [6.45, 7) is 21.9. The Morgan fingerprint density at radius 2 is 1.10 bits per heavy atom. The van der Waals surface area contributed by atoms with Crippen molar-refractivity contribution in [3.8, 4) is 5.82 Å². The van der Waals surface area contributed by atoms with Crippen molar-refractivity contribution in [1.29, 1.82) is 0 Å². The zero-order chi connectivity index (χ0) is 41.1. The van der Waals surface area contributed by atoms with Crippen LogP contribution in [0.5, 0.6) is 0 Å². The zero-order valence-corrected chi connectivity index (χ0v) is 36.0. The summed E-state index contributed by atoms with van der Waals surface area (Å²) < 4.78 is 3.98. The van der Waals surface area contributed by atoms with Gasteiger partial charge >= 0.3 is 0 Å². The van der Waals surface area contributed by atoms with E-state index < -0.39 is 5.41 Å². The maximum absolute atomic E-state index is 5.06. The molecule has 0 N–H and O–H groups in total. The molecule has 0 aliphatic carbocycles. The Bertz CT molecular complexity index is 2890. The van der Waals surface area contributed by atoms with E-state index in [1.165, 1.54) is 72.3 Å². The average Bonchev–Trinajstić information content (AvgIpc) is 3.76. The van der Waals surface area contributed by atoms with Crippen molar-refractivity contribution in [3.05, 3.63) is 203 Å². The largest absolute Gasteiger partial charge is 0.325 e. The Morgan fingerprint density at radius 3 is 1.75 bits per heavy atom. The summed E-state index contributed by atoms with van der Waals surface area (Å²) in [6.07, 6.45) is 1.97. The second-order valence-corrected chi connectivity index (χ2v) is 19.6. The van der Waals surface area contributed by atoms with Crippen LogP contribution in [0.15, 0.2) is 152 Å². The Labute approximate surface area is 350 Å². The lowest BCUT2D eigenvalue weighted by Gasteiger charge is -2.55. The highest BCUT2D eigenvalue weighted by molar-refractivity contribution is 6.09. The van der Waals surface area contributed by atoms with Crippen LogP contribution in [-0.2, 0) is 16.2 Å². The highest BCUT2D eigenvalue weighted by Crippen LogP contribution is 2.62. The van der Waals surface area contributed by atoms with Crippen LogP contribution in [0.3, 0.4) is 0 Å². The van der Waals surface area contributed by atoms with Crippen molar-refractivity contribution in [2.75, 3.05) is 13.7 Å². The summed E-state index contributed by atoms with van der Waals surface area (Å²) in [5.41, 5.74) is 15.9. The van der Waals surface area contributed by atoms with Gasteiger partial charge < -0.3 is 4.48 Å². The first kappa shape index (κ1) is 37.5. The summed E-state index contributed by atoms with van der Waals surface area (Å²) in [5.74, 6) is 0.936. The highest BCUT2D eigenvalue weighted by Gasteiger charge is 2.60. The second kappa shape index (κ2) is 12.8. The van der Waals surface area contributed by atoms with Crippen LogP contribution >= 0.6 is 0 Å². The normalized spacial score (nSPS) is 18.9. The van der Waals surface area contributed by atoms with Crippen molar-refractivity contribution < 1.29 is 0 Å². The maximum Gasteiger partial charge on any atom is 0.181 e. The molecule has 0 radical (unpaired) electrons. The van der Waals surface area contributed by atoms with E-state index in [-0.39, 0.29) is 10.8 Å². The molecule has 5 heterocycles. The lowest BCUT2D eigenvalue weighted by Crippen LogP contribution is -2.68. The number of fused-ring (bicyclic) bond motifs is 3. The lowest BCUT2D eigenvalue weighted by molar-refractivity contribution is 0.157. The van der Waals surface area contributed by atoms with Crippen LogP contribution in [0.4, 0.5) is 17.1 Å². The van der Waals surface area contributed by atoms with Gasteiger partial charge in [0, 0.05) is 41.2 Å². The molecule has 4 heteroatoms. The van der Waals surface area contributed by atoms with E-state index in [2.05, 4.69) is 219 Å². The molecule has 1 saturated heterocycles. The molecule has 0 saturated carbocycles. The lowest BCUT2D eigenvalue weighted by atomic mass is 9.64. The Balaban J connectivity index is 1.31. The molecule has 3 aliphatic heterocycles. The number of pyridine rings is 1. The number of nitrogens with zero attached hydrogens (tertiary/aromatic N) is 4. The van der Waals surface area contributed by atoms with Crippen molar-refractivity contribution >= 4 is 38.9 Å². The van der Waals surface area contributed by atoms with E-state index >= 15 is 0 Å². The Kier molecular flexibility index (Phi) is 8.15. The van der Waals surface area contributed by atoms with Gasteiger partial charge in [0.25, 0.3) is 0 Å². The van der Waals surface area contributed by atoms with Crippen molar-refractivity contribution in [2.45, 2.75) is 71.6 Å². The molecule has 59 heavy (non-hydrogen) atoms. The fourth-order valence-corrected chi connectivity index (χ4v) is 10.3. The molecule has 8 aromatic rings. The number of aromatic nitrogens is 2. The van der Waals surface area contributed by atoms with E-state index in [0.717, 1.165) is 32.5 Å². The number of para-hydroxylation sites is 1. The van der Waals surface area contributed by atoms with Gasteiger partial charge in [0.1, 0.15) is 11.5 Å². The summed E-state index contributed by atoms with van der Waals surface area (Å²) >= 11 is 0. The van der Waals surface area contributed by atoms with Crippen LogP contribution in [0.1, 0.15) is 86.1 Å². The van der Waals surface area contributed by atoms with E-state index in [1.54, 1.807) is 0 Å². The van der Waals surface area contributed by atoms with Gasteiger partial charge in [-0.3, -0.25) is 9.05 Å². The first-order valence-electron chi connectivity index (χ1n) is 21.1. The van der Waals surface area contributed by atoms with Crippen LogP contribution in [-0.4, -0.2) is 23.3 Å². The predicted octanol–water partition coefficient (Wildman–Crippen LogP) is 13.5. The molecule has 11 rings (SSSR count). The standard InChI is InChI=1S/C55H55N4/c1-37-28-50-51(29-38(37)2)59(35-58(50,9)36-59)45-31-43(54(6,7)8)30-44(32-45)55(39-18-12-10-13-19-39,40-20-14-11-15-21-40)42-24-25-47-46-22-16-17-23-48(46)57(49(47)33-42)52-34-41(26-27-56-52)53(3,4)5/h10-35H,36H2,1-9H3/q+1/t58-,59+/m0/s1. The number of hydrogen-bond acceptors (Lipinski definition) is 1. The molecule has 1 fully saturated rings. The molecule has 3 aliphatic rings. The summed E-state index contributed by atoms with van der Waals surface area (Å²) in [5, 5.41) is 2.44. The highest BCUT2D eigenvalue weighted by atomic mass is 15.7. The summed E-state index contributed by atoms with van der Waals surface area (Å²) in [4.78, 5) is 5.06. The molecule has 2 bridgehead atoms. The minimum Gasteiger partial charge on any atom is -0.325 e. The van der Waals surface area contributed by atoms with E-state index in [9.17, 15) is 0 Å². The topological polar surface area (TPSA) is 17.8 Å².